The van der Waals surface area contributed by atoms with Crippen LogP contribution in [0.1, 0.15) is 11.6 Å². The molecule has 0 heterocycles. The summed E-state index contributed by atoms with van der Waals surface area (Å²) >= 11 is 5.85. The van der Waals surface area contributed by atoms with Gasteiger partial charge >= 0.3 is 0 Å². The molecule has 2 aromatic carbocycles. The smallest absolute Gasteiger partial charge is 0.141 e. The van der Waals surface area contributed by atoms with Crippen molar-refractivity contribution < 1.29 is 9.13 Å². The average molecular weight is 309 g/mol. The molecule has 21 heavy (non-hydrogen) atoms. The normalized spacial score (nSPS) is 12.0. The maximum Gasteiger partial charge on any atom is 0.141 e. The van der Waals surface area contributed by atoms with E-state index >= 15 is 0 Å². The van der Waals surface area contributed by atoms with Gasteiger partial charge in [-0.2, -0.15) is 0 Å². The third-order valence-electron chi connectivity index (χ3n) is 3.50. The van der Waals surface area contributed by atoms with Crippen LogP contribution in [0.3, 0.4) is 0 Å². The first kappa shape index (κ1) is 15.6. The molecule has 1 unspecified atom stereocenters. The Bertz CT molecular complexity index is 604. The SMILES string of the molecule is COc1ccc(N(C)C(CN)c2ccc(F)c(Cl)c2)cc1. The molecule has 0 spiro atoms. The zero-order valence-electron chi connectivity index (χ0n) is 12.0. The number of nitrogens with zero attached hydrogens (tertiary/aromatic N) is 1. The monoisotopic (exact) mass is 308 g/mol. The van der Waals surface area contributed by atoms with Gasteiger partial charge in [0.15, 0.2) is 0 Å². The second-order valence-corrected chi connectivity index (χ2v) is 5.14. The first-order valence-electron chi connectivity index (χ1n) is 6.58. The number of benzene rings is 2. The lowest BCUT2D eigenvalue weighted by molar-refractivity contribution is 0.415. The van der Waals surface area contributed by atoms with E-state index < -0.39 is 5.82 Å². The molecule has 5 heteroatoms. The van der Waals surface area contributed by atoms with E-state index in [4.69, 9.17) is 22.1 Å². The van der Waals surface area contributed by atoms with Gasteiger partial charge in [0.1, 0.15) is 11.6 Å². The van der Waals surface area contributed by atoms with Crippen LogP contribution in [-0.2, 0) is 0 Å². The highest BCUT2D eigenvalue weighted by atomic mass is 35.5. The summed E-state index contributed by atoms with van der Waals surface area (Å²) in [7, 11) is 3.57. The third kappa shape index (κ3) is 3.46. The van der Waals surface area contributed by atoms with E-state index in [0.717, 1.165) is 17.0 Å². The minimum absolute atomic E-state index is 0.0866. The third-order valence-corrected chi connectivity index (χ3v) is 3.79. The number of methoxy groups -OCH3 is 1. The number of hydrogen-bond donors (Lipinski definition) is 1. The number of hydrogen-bond acceptors (Lipinski definition) is 3. The van der Waals surface area contributed by atoms with E-state index in [-0.39, 0.29) is 11.1 Å². The molecule has 2 aromatic rings. The lowest BCUT2D eigenvalue weighted by Gasteiger charge is -2.29. The van der Waals surface area contributed by atoms with Crippen molar-refractivity contribution in [1.82, 2.24) is 0 Å². The molecule has 3 nitrogen and oxygen atoms in total. The van der Waals surface area contributed by atoms with Crippen LogP contribution in [0.4, 0.5) is 10.1 Å². The molecular weight excluding hydrogens is 291 g/mol. The van der Waals surface area contributed by atoms with Gasteiger partial charge in [0, 0.05) is 19.3 Å². The van der Waals surface area contributed by atoms with Gasteiger partial charge in [0.25, 0.3) is 0 Å². The van der Waals surface area contributed by atoms with Crippen molar-refractivity contribution >= 4 is 17.3 Å². The van der Waals surface area contributed by atoms with Gasteiger partial charge < -0.3 is 15.4 Å². The Morgan fingerprint density at radius 1 is 1.24 bits per heavy atom. The standard InChI is InChI=1S/C16H18ClFN2O/c1-20(12-4-6-13(21-2)7-5-12)16(10-19)11-3-8-15(18)14(17)9-11/h3-9,16H,10,19H2,1-2H3. The molecule has 0 bridgehead atoms. The number of likely N-dealkylation sites (N-methyl/N-ethyl adjacent to an activating group) is 1. The fraction of sp³-hybridized carbons (Fsp3) is 0.250. The first-order valence-corrected chi connectivity index (χ1v) is 6.96. The van der Waals surface area contributed by atoms with Crippen LogP contribution in [0.25, 0.3) is 0 Å². The summed E-state index contributed by atoms with van der Waals surface area (Å²) in [5.74, 6) is 0.365. The summed E-state index contributed by atoms with van der Waals surface area (Å²) in [5, 5.41) is 0.106. The average Bonchev–Trinajstić information content (AvgIpc) is 2.51. The Morgan fingerprint density at radius 3 is 2.43 bits per heavy atom. The maximum absolute atomic E-state index is 13.3. The van der Waals surface area contributed by atoms with E-state index in [2.05, 4.69) is 0 Å². The van der Waals surface area contributed by atoms with Crippen LogP contribution in [0.5, 0.6) is 5.75 Å². The van der Waals surface area contributed by atoms with E-state index in [1.807, 2.05) is 36.2 Å². The summed E-state index contributed by atoms with van der Waals surface area (Å²) in [6.07, 6.45) is 0. The zero-order chi connectivity index (χ0) is 15.4. The predicted molar refractivity (Wildman–Crippen MR) is 84.6 cm³/mol. The Morgan fingerprint density at radius 2 is 1.90 bits per heavy atom. The Labute approximate surface area is 129 Å². The van der Waals surface area contributed by atoms with Crippen molar-refractivity contribution in [1.29, 1.82) is 0 Å². The molecule has 0 aliphatic rings. The number of halogens is 2. The molecule has 0 amide bonds. The van der Waals surface area contributed by atoms with Gasteiger partial charge in [-0.25, -0.2) is 4.39 Å². The number of ether oxygens (including phenoxy) is 1. The molecule has 0 fully saturated rings. The number of rotatable bonds is 5. The summed E-state index contributed by atoms with van der Waals surface area (Å²) in [4.78, 5) is 2.03. The van der Waals surface area contributed by atoms with Crippen LogP contribution in [-0.4, -0.2) is 20.7 Å². The zero-order valence-corrected chi connectivity index (χ0v) is 12.8. The molecule has 0 radical (unpaired) electrons. The lowest BCUT2D eigenvalue weighted by Crippen LogP contribution is -2.30. The number of nitrogens with two attached hydrogens (primary N) is 1. The summed E-state index contributed by atoms with van der Waals surface area (Å²) in [6.45, 7) is 0.393. The Hall–Kier alpha value is -1.78. The fourth-order valence-electron chi connectivity index (χ4n) is 2.23. The maximum atomic E-state index is 13.3. The van der Waals surface area contributed by atoms with E-state index in [0.29, 0.717) is 6.54 Å². The molecule has 0 aliphatic heterocycles. The molecule has 112 valence electrons. The molecular formula is C16H18ClFN2O. The molecule has 0 saturated carbocycles. The minimum Gasteiger partial charge on any atom is -0.497 e. The molecule has 0 aromatic heterocycles. The van der Waals surface area contributed by atoms with E-state index in [9.17, 15) is 4.39 Å². The van der Waals surface area contributed by atoms with Crippen LogP contribution in [0.2, 0.25) is 5.02 Å². The topological polar surface area (TPSA) is 38.5 Å². The molecule has 2 rings (SSSR count). The van der Waals surface area contributed by atoms with Crippen molar-refractivity contribution in [3.8, 4) is 5.75 Å². The largest absolute Gasteiger partial charge is 0.497 e. The van der Waals surface area contributed by atoms with E-state index in [1.165, 1.54) is 6.07 Å². The van der Waals surface area contributed by atoms with Gasteiger partial charge in [-0.15, -0.1) is 0 Å². The minimum atomic E-state index is -0.428. The summed E-state index contributed by atoms with van der Waals surface area (Å²) in [5.41, 5.74) is 7.75. The van der Waals surface area contributed by atoms with Crippen molar-refractivity contribution in [3.05, 3.63) is 58.9 Å². The molecule has 0 saturated heterocycles. The molecule has 2 N–H and O–H groups in total. The lowest BCUT2D eigenvalue weighted by atomic mass is 10.0. The molecule has 0 aliphatic carbocycles. The highest BCUT2D eigenvalue weighted by molar-refractivity contribution is 6.30. The number of anilines is 1. The highest BCUT2D eigenvalue weighted by Crippen LogP contribution is 2.28. The second kappa shape index (κ2) is 6.78. The van der Waals surface area contributed by atoms with Gasteiger partial charge in [0.2, 0.25) is 0 Å². The summed E-state index contributed by atoms with van der Waals surface area (Å²) < 4.78 is 18.4. The van der Waals surface area contributed by atoms with Gasteiger partial charge in [-0.05, 0) is 42.0 Å². The van der Waals surface area contributed by atoms with E-state index in [1.54, 1.807) is 19.2 Å². The van der Waals surface area contributed by atoms with Crippen molar-refractivity contribution in [2.24, 2.45) is 5.73 Å². The predicted octanol–water partition coefficient (Wildman–Crippen LogP) is 3.62. The van der Waals surface area contributed by atoms with Crippen LogP contribution < -0.4 is 15.4 Å². The van der Waals surface area contributed by atoms with Crippen LogP contribution >= 0.6 is 11.6 Å². The quantitative estimate of drug-likeness (QED) is 0.917. The Balaban J connectivity index is 2.28. The van der Waals surface area contributed by atoms with Gasteiger partial charge in [-0.1, -0.05) is 17.7 Å². The fourth-order valence-corrected chi connectivity index (χ4v) is 2.42. The van der Waals surface area contributed by atoms with Crippen molar-refractivity contribution in [2.75, 3.05) is 25.6 Å². The van der Waals surface area contributed by atoms with Crippen LogP contribution in [0.15, 0.2) is 42.5 Å². The first-order chi connectivity index (χ1) is 10.1. The molecule has 1 atom stereocenters. The van der Waals surface area contributed by atoms with Crippen molar-refractivity contribution in [3.63, 3.8) is 0 Å². The van der Waals surface area contributed by atoms with Crippen LogP contribution in [0, 0.1) is 5.82 Å². The van der Waals surface area contributed by atoms with Gasteiger partial charge in [0.05, 0.1) is 18.2 Å². The van der Waals surface area contributed by atoms with Gasteiger partial charge in [-0.3, -0.25) is 0 Å². The van der Waals surface area contributed by atoms with Crippen molar-refractivity contribution in [2.45, 2.75) is 6.04 Å². The highest BCUT2D eigenvalue weighted by Gasteiger charge is 2.17. The Kier molecular flexibility index (Phi) is 5.04. The summed E-state index contributed by atoms with van der Waals surface area (Å²) in [6, 6.07) is 12.3. The second-order valence-electron chi connectivity index (χ2n) is 4.73.